The number of aromatic nitrogens is 2. The number of carbonyl (C=O) groups excluding carboxylic acids is 2. The summed E-state index contributed by atoms with van der Waals surface area (Å²) < 4.78 is 0. The fourth-order valence-electron chi connectivity index (χ4n) is 2.52. The minimum absolute atomic E-state index is 0.00360. The zero-order valence-electron chi connectivity index (χ0n) is 12.0. The Bertz CT molecular complexity index is 715. The van der Waals surface area contributed by atoms with Crippen molar-refractivity contribution in [3.05, 3.63) is 59.2 Å². The number of nitrogens with two attached hydrogens (primary N) is 1. The molecule has 2 amide bonds. The predicted octanol–water partition coefficient (Wildman–Crippen LogP) is 0.703. The molecule has 1 aliphatic heterocycles. The molecule has 0 fully saturated rings. The Labute approximate surface area is 128 Å². The minimum atomic E-state index is -0.657. The van der Waals surface area contributed by atoms with Crippen molar-refractivity contribution in [2.24, 2.45) is 5.73 Å². The quantitative estimate of drug-likeness (QED) is 0.903. The maximum atomic E-state index is 12.4. The smallest absolute Gasteiger partial charge is 0.286 e. The predicted molar refractivity (Wildman–Crippen MR) is 79.8 cm³/mol. The Kier molecular flexibility index (Phi) is 3.82. The number of amides is 2. The van der Waals surface area contributed by atoms with Crippen molar-refractivity contribution in [2.45, 2.75) is 19.4 Å². The Morgan fingerprint density at radius 3 is 2.73 bits per heavy atom. The van der Waals surface area contributed by atoms with E-state index < -0.39 is 5.91 Å². The lowest BCUT2D eigenvalue weighted by atomic mass is 10.1. The molecule has 6 nitrogen and oxygen atoms in total. The Balaban J connectivity index is 1.74. The van der Waals surface area contributed by atoms with Gasteiger partial charge in [-0.1, -0.05) is 30.3 Å². The molecule has 6 heteroatoms. The van der Waals surface area contributed by atoms with E-state index in [-0.39, 0.29) is 11.7 Å². The molecule has 0 atom stereocenters. The van der Waals surface area contributed by atoms with Crippen LogP contribution in [0.2, 0.25) is 0 Å². The van der Waals surface area contributed by atoms with Crippen LogP contribution < -0.4 is 5.73 Å². The van der Waals surface area contributed by atoms with Crippen LogP contribution in [0.15, 0.2) is 36.5 Å². The lowest BCUT2D eigenvalue weighted by Gasteiger charge is -2.28. The number of fused-ring (bicyclic) bond motifs is 1. The van der Waals surface area contributed by atoms with E-state index in [1.807, 2.05) is 30.3 Å². The van der Waals surface area contributed by atoms with E-state index in [0.29, 0.717) is 31.6 Å². The number of hydrogen-bond donors (Lipinski definition) is 1. The SMILES string of the molecule is NC(=O)c1ncc2c(n1)CN(C(=O)Cc1ccccc1)CC2. The molecule has 0 spiro atoms. The monoisotopic (exact) mass is 296 g/mol. The van der Waals surface area contributed by atoms with Crippen LogP contribution in [-0.4, -0.2) is 33.2 Å². The Morgan fingerprint density at radius 1 is 1.23 bits per heavy atom. The van der Waals surface area contributed by atoms with Crippen molar-refractivity contribution in [3.8, 4) is 0 Å². The molecule has 3 rings (SSSR count). The summed E-state index contributed by atoms with van der Waals surface area (Å²) >= 11 is 0. The maximum Gasteiger partial charge on any atom is 0.286 e. The van der Waals surface area contributed by atoms with Crippen LogP contribution in [0.4, 0.5) is 0 Å². The molecular formula is C16H16N4O2. The second-order valence-electron chi connectivity index (χ2n) is 5.26. The average molecular weight is 296 g/mol. The zero-order valence-corrected chi connectivity index (χ0v) is 12.0. The lowest BCUT2D eigenvalue weighted by Crippen LogP contribution is -2.38. The summed E-state index contributed by atoms with van der Waals surface area (Å²) in [5.41, 5.74) is 7.86. The highest BCUT2D eigenvalue weighted by atomic mass is 16.2. The van der Waals surface area contributed by atoms with Gasteiger partial charge in [0.1, 0.15) is 0 Å². The largest absolute Gasteiger partial charge is 0.363 e. The molecule has 0 aliphatic carbocycles. The van der Waals surface area contributed by atoms with Gasteiger partial charge in [-0.2, -0.15) is 0 Å². The maximum absolute atomic E-state index is 12.4. The van der Waals surface area contributed by atoms with Crippen molar-refractivity contribution >= 4 is 11.8 Å². The average Bonchev–Trinajstić information content (AvgIpc) is 2.54. The summed E-state index contributed by atoms with van der Waals surface area (Å²) in [6, 6.07) is 9.63. The number of rotatable bonds is 3. The first-order chi connectivity index (χ1) is 10.6. The number of nitrogens with zero attached hydrogens (tertiary/aromatic N) is 3. The third kappa shape index (κ3) is 2.95. The molecule has 2 aromatic rings. The molecule has 0 bridgehead atoms. The summed E-state index contributed by atoms with van der Waals surface area (Å²) in [5.74, 6) is -0.609. The molecule has 2 heterocycles. The third-order valence-electron chi connectivity index (χ3n) is 3.72. The standard InChI is InChI=1S/C16H16N4O2/c17-15(22)16-18-9-12-6-7-20(10-13(12)19-16)14(21)8-11-4-2-1-3-5-11/h1-5,9H,6-8,10H2,(H2,17,22). The molecule has 22 heavy (non-hydrogen) atoms. The van der Waals surface area contributed by atoms with E-state index in [2.05, 4.69) is 9.97 Å². The van der Waals surface area contributed by atoms with Gasteiger partial charge in [0.15, 0.2) is 0 Å². The summed E-state index contributed by atoms with van der Waals surface area (Å²) in [6.45, 7) is 1.03. The normalized spacial score (nSPS) is 13.5. The highest BCUT2D eigenvalue weighted by Gasteiger charge is 2.23. The van der Waals surface area contributed by atoms with Gasteiger partial charge in [0.25, 0.3) is 5.91 Å². The van der Waals surface area contributed by atoms with Gasteiger partial charge < -0.3 is 10.6 Å². The second-order valence-corrected chi connectivity index (χ2v) is 5.26. The van der Waals surface area contributed by atoms with Crippen LogP contribution >= 0.6 is 0 Å². The summed E-state index contributed by atoms with van der Waals surface area (Å²) in [7, 11) is 0. The highest BCUT2D eigenvalue weighted by Crippen LogP contribution is 2.17. The van der Waals surface area contributed by atoms with E-state index in [1.54, 1.807) is 11.1 Å². The highest BCUT2D eigenvalue weighted by molar-refractivity contribution is 5.88. The topological polar surface area (TPSA) is 89.2 Å². The van der Waals surface area contributed by atoms with E-state index in [9.17, 15) is 9.59 Å². The van der Waals surface area contributed by atoms with Crippen molar-refractivity contribution in [3.63, 3.8) is 0 Å². The van der Waals surface area contributed by atoms with E-state index in [1.165, 1.54) is 0 Å². The molecular weight excluding hydrogens is 280 g/mol. The number of primary amides is 1. The van der Waals surface area contributed by atoms with Gasteiger partial charge in [-0.15, -0.1) is 0 Å². The van der Waals surface area contributed by atoms with Gasteiger partial charge in [-0.25, -0.2) is 9.97 Å². The first-order valence-corrected chi connectivity index (χ1v) is 7.10. The van der Waals surface area contributed by atoms with Crippen LogP contribution in [-0.2, 0) is 24.2 Å². The summed E-state index contributed by atoms with van der Waals surface area (Å²) in [6.07, 6.45) is 2.68. The van der Waals surface area contributed by atoms with E-state index >= 15 is 0 Å². The molecule has 0 saturated carbocycles. The van der Waals surface area contributed by atoms with Crippen LogP contribution in [0.25, 0.3) is 0 Å². The Hall–Kier alpha value is -2.76. The van der Waals surface area contributed by atoms with Crippen molar-refractivity contribution in [2.75, 3.05) is 6.54 Å². The first kappa shape index (κ1) is 14.2. The number of carbonyl (C=O) groups is 2. The van der Waals surface area contributed by atoms with E-state index in [4.69, 9.17) is 5.73 Å². The molecule has 1 aromatic carbocycles. The fraction of sp³-hybridized carbons (Fsp3) is 0.250. The van der Waals surface area contributed by atoms with Gasteiger partial charge in [-0.05, 0) is 17.5 Å². The van der Waals surface area contributed by atoms with Crippen molar-refractivity contribution in [1.29, 1.82) is 0 Å². The molecule has 1 aromatic heterocycles. The Morgan fingerprint density at radius 2 is 2.00 bits per heavy atom. The zero-order chi connectivity index (χ0) is 15.5. The summed E-state index contributed by atoms with van der Waals surface area (Å²) in [5, 5.41) is 0. The van der Waals surface area contributed by atoms with Crippen LogP contribution in [0.1, 0.15) is 27.4 Å². The lowest BCUT2D eigenvalue weighted by molar-refractivity contribution is -0.131. The third-order valence-corrected chi connectivity index (χ3v) is 3.72. The first-order valence-electron chi connectivity index (χ1n) is 7.10. The molecule has 0 unspecified atom stereocenters. The molecule has 2 N–H and O–H groups in total. The van der Waals surface area contributed by atoms with Crippen LogP contribution in [0.3, 0.4) is 0 Å². The van der Waals surface area contributed by atoms with Crippen molar-refractivity contribution in [1.82, 2.24) is 14.9 Å². The fourth-order valence-corrected chi connectivity index (χ4v) is 2.52. The van der Waals surface area contributed by atoms with Gasteiger partial charge in [-0.3, -0.25) is 9.59 Å². The van der Waals surface area contributed by atoms with Crippen molar-refractivity contribution < 1.29 is 9.59 Å². The number of hydrogen-bond acceptors (Lipinski definition) is 4. The molecule has 112 valence electrons. The van der Waals surface area contributed by atoms with Gasteiger partial charge >= 0.3 is 0 Å². The minimum Gasteiger partial charge on any atom is -0.363 e. The summed E-state index contributed by atoms with van der Waals surface area (Å²) in [4.78, 5) is 33.4. The molecule has 1 aliphatic rings. The second kappa shape index (κ2) is 5.93. The molecule has 0 radical (unpaired) electrons. The van der Waals surface area contributed by atoms with Gasteiger partial charge in [0.2, 0.25) is 11.7 Å². The number of benzene rings is 1. The van der Waals surface area contributed by atoms with Crippen LogP contribution in [0, 0.1) is 0 Å². The van der Waals surface area contributed by atoms with Gasteiger partial charge in [0, 0.05) is 12.7 Å². The van der Waals surface area contributed by atoms with Gasteiger partial charge in [0.05, 0.1) is 18.7 Å². The van der Waals surface area contributed by atoms with Crippen LogP contribution in [0.5, 0.6) is 0 Å². The van der Waals surface area contributed by atoms with E-state index in [0.717, 1.165) is 11.1 Å². The molecule has 0 saturated heterocycles.